The molecule has 0 radical (unpaired) electrons. The second kappa shape index (κ2) is 10.9. The Bertz CT molecular complexity index is 1070. The standard InChI is InChI=1S/C30H37N3O3/c1-22-7-9-27(10-8-22)33-21-26(20-28(33)34)30(36)32-17-13-25(14-18-32)29(35)31-15-11-24(12-16-31)19-23-5-3-2-4-6-23/h2-10,24-26H,11-21H2,1H3/t26-/m1/s1. The second-order valence-corrected chi connectivity index (χ2v) is 10.8. The van der Waals surface area contributed by atoms with Gasteiger partial charge in [0.25, 0.3) is 0 Å². The van der Waals surface area contributed by atoms with Gasteiger partial charge in [0.1, 0.15) is 0 Å². The van der Waals surface area contributed by atoms with E-state index in [1.54, 1.807) is 4.90 Å². The van der Waals surface area contributed by atoms with E-state index in [0.29, 0.717) is 25.6 Å². The highest BCUT2D eigenvalue weighted by molar-refractivity contribution is 6.00. The van der Waals surface area contributed by atoms with Crippen LogP contribution in [0.25, 0.3) is 0 Å². The molecule has 0 N–H and O–H groups in total. The molecule has 3 amide bonds. The summed E-state index contributed by atoms with van der Waals surface area (Å²) < 4.78 is 0. The molecule has 1 atom stereocenters. The minimum atomic E-state index is -0.297. The van der Waals surface area contributed by atoms with E-state index in [4.69, 9.17) is 0 Å². The van der Waals surface area contributed by atoms with Gasteiger partial charge in [-0.2, -0.15) is 0 Å². The third kappa shape index (κ3) is 5.48. The van der Waals surface area contributed by atoms with Crippen molar-refractivity contribution in [3.63, 3.8) is 0 Å². The molecule has 3 saturated heterocycles. The van der Waals surface area contributed by atoms with Gasteiger partial charge in [0.15, 0.2) is 0 Å². The van der Waals surface area contributed by atoms with E-state index in [-0.39, 0.29) is 36.0 Å². The predicted molar refractivity (Wildman–Crippen MR) is 140 cm³/mol. The summed E-state index contributed by atoms with van der Waals surface area (Å²) in [6.45, 7) is 5.36. The van der Waals surface area contributed by atoms with Crippen molar-refractivity contribution in [3.05, 3.63) is 65.7 Å². The van der Waals surface area contributed by atoms with Crippen LogP contribution in [0.15, 0.2) is 54.6 Å². The van der Waals surface area contributed by atoms with Gasteiger partial charge >= 0.3 is 0 Å². The number of likely N-dealkylation sites (tertiary alicyclic amines) is 2. The topological polar surface area (TPSA) is 60.9 Å². The lowest BCUT2D eigenvalue weighted by Crippen LogP contribution is -2.48. The van der Waals surface area contributed by atoms with E-state index in [0.717, 1.165) is 56.4 Å². The smallest absolute Gasteiger partial charge is 0.228 e. The summed E-state index contributed by atoms with van der Waals surface area (Å²) in [5.74, 6) is 0.693. The van der Waals surface area contributed by atoms with Crippen molar-refractivity contribution in [1.82, 2.24) is 9.80 Å². The molecule has 5 rings (SSSR count). The third-order valence-electron chi connectivity index (χ3n) is 8.27. The number of carbonyl (C=O) groups is 3. The van der Waals surface area contributed by atoms with Crippen molar-refractivity contribution in [2.45, 2.75) is 45.4 Å². The van der Waals surface area contributed by atoms with Crippen LogP contribution >= 0.6 is 0 Å². The van der Waals surface area contributed by atoms with E-state index in [9.17, 15) is 14.4 Å². The normalized spacial score (nSPS) is 21.8. The van der Waals surface area contributed by atoms with E-state index in [1.807, 2.05) is 36.1 Å². The Morgan fingerprint density at radius 1 is 0.778 bits per heavy atom. The Hall–Kier alpha value is -3.15. The fraction of sp³-hybridized carbons (Fsp3) is 0.500. The first-order chi connectivity index (χ1) is 17.5. The molecule has 0 bridgehead atoms. The fourth-order valence-corrected chi connectivity index (χ4v) is 6.02. The lowest BCUT2D eigenvalue weighted by atomic mass is 9.88. The monoisotopic (exact) mass is 487 g/mol. The predicted octanol–water partition coefficient (Wildman–Crippen LogP) is 4.07. The van der Waals surface area contributed by atoms with E-state index in [1.165, 1.54) is 5.56 Å². The SMILES string of the molecule is Cc1ccc(N2C[C@H](C(=O)N3CCC(C(=O)N4CCC(Cc5ccccc5)CC4)CC3)CC2=O)cc1. The number of piperidine rings is 2. The Balaban J connectivity index is 1.08. The molecule has 3 aliphatic heterocycles. The summed E-state index contributed by atoms with van der Waals surface area (Å²) in [6.07, 6.45) is 4.92. The van der Waals surface area contributed by atoms with Crippen molar-refractivity contribution in [2.75, 3.05) is 37.6 Å². The molecule has 0 saturated carbocycles. The molecule has 6 nitrogen and oxygen atoms in total. The fourth-order valence-electron chi connectivity index (χ4n) is 6.02. The molecule has 190 valence electrons. The molecular weight excluding hydrogens is 450 g/mol. The molecule has 36 heavy (non-hydrogen) atoms. The largest absolute Gasteiger partial charge is 0.342 e. The van der Waals surface area contributed by atoms with Crippen LogP contribution < -0.4 is 4.90 Å². The van der Waals surface area contributed by atoms with Gasteiger partial charge in [0.05, 0.1) is 5.92 Å². The van der Waals surface area contributed by atoms with Crippen molar-refractivity contribution < 1.29 is 14.4 Å². The molecule has 3 heterocycles. The Morgan fingerprint density at radius 3 is 2.00 bits per heavy atom. The van der Waals surface area contributed by atoms with E-state index < -0.39 is 0 Å². The highest BCUT2D eigenvalue weighted by Crippen LogP contribution is 2.29. The van der Waals surface area contributed by atoms with E-state index >= 15 is 0 Å². The minimum Gasteiger partial charge on any atom is -0.342 e. The maximum absolute atomic E-state index is 13.2. The van der Waals surface area contributed by atoms with Crippen LogP contribution in [0.5, 0.6) is 0 Å². The number of hydrogen-bond donors (Lipinski definition) is 0. The summed E-state index contributed by atoms with van der Waals surface area (Å²) >= 11 is 0. The highest BCUT2D eigenvalue weighted by Gasteiger charge is 2.39. The van der Waals surface area contributed by atoms with Crippen LogP contribution in [-0.4, -0.2) is 60.2 Å². The third-order valence-corrected chi connectivity index (χ3v) is 8.27. The zero-order valence-corrected chi connectivity index (χ0v) is 21.3. The molecular formula is C30H37N3O3. The number of aryl methyl sites for hydroxylation is 1. The van der Waals surface area contributed by atoms with Gasteiger partial charge in [-0.15, -0.1) is 0 Å². The number of hydrogen-bond acceptors (Lipinski definition) is 3. The Morgan fingerprint density at radius 2 is 1.36 bits per heavy atom. The van der Waals surface area contributed by atoms with Gasteiger partial charge in [0.2, 0.25) is 17.7 Å². The summed E-state index contributed by atoms with van der Waals surface area (Å²) in [4.78, 5) is 44.7. The lowest BCUT2D eigenvalue weighted by Gasteiger charge is -2.38. The van der Waals surface area contributed by atoms with Crippen LogP contribution in [0.4, 0.5) is 5.69 Å². The molecule has 2 aromatic carbocycles. The van der Waals surface area contributed by atoms with Gasteiger partial charge < -0.3 is 14.7 Å². The van der Waals surface area contributed by atoms with Crippen LogP contribution in [-0.2, 0) is 20.8 Å². The molecule has 0 spiro atoms. The molecule has 2 aromatic rings. The molecule has 3 aliphatic rings. The number of rotatable bonds is 5. The first kappa shape index (κ1) is 24.5. The van der Waals surface area contributed by atoms with Crippen LogP contribution in [0.1, 0.15) is 43.2 Å². The number of carbonyl (C=O) groups excluding carboxylic acids is 3. The molecule has 0 unspecified atom stereocenters. The zero-order chi connectivity index (χ0) is 25.1. The Labute approximate surface area is 214 Å². The van der Waals surface area contributed by atoms with Crippen LogP contribution in [0.2, 0.25) is 0 Å². The lowest BCUT2D eigenvalue weighted by molar-refractivity contribution is -0.143. The number of nitrogens with zero attached hydrogens (tertiary/aromatic N) is 3. The zero-order valence-electron chi connectivity index (χ0n) is 21.3. The quantitative estimate of drug-likeness (QED) is 0.639. The molecule has 3 fully saturated rings. The first-order valence-electron chi connectivity index (χ1n) is 13.5. The van der Waals surface area contributed by atoms with Gasteiger partial charge in [-0.25, -0.2) is 0 Å². The maximum atomic E-state index is 13.2. The number of anilines is 1. The van der Waals surface area contributed by atoms with Gasteiger partial charge in [-0.05, 0) is 62.6 Å². The summed E-state index contributed by atoms with van der Waals surface area (Å²) in [6, 6.07) is 18.5. The van der Waals surface area contributed by atoms with Crippen molar-refractivity contribution >= 4 is 23.4 Å². The summed E-state index contributed by atoms with van der Waals surface area (Å²) in [5.41, 5.74) is 3.38. The maximum Gasteiger partial charge on any atom is 0.228 e. The minimum absolute atomic E-state index is 0.00832. The Kier molecular flexibility index (Phi) is 7.40. The van der Waals surface area contributed by atoms with Crippen molar-refractivity contribution in [2.24, 2.45) is 17.8 Å². The van der Waals surface area contributed by atoms with E-state index in [2.05, 4.69) is 35.2 Å². The highest BCUT2D eigenvalue weighted by atomic mass is 16.2. The number of benzene rings is 2. The average molecular weight is 488 g/mol. The number of amides is 3. The average Bonchev–Trinajstić information content (AvgIpc) is 3.31. The van der Waals surface area contributed by atoms with Crippen LogP contribution in [0.3, 0.4) is 0 Å². The molecule has 6 heteroatoms. The van der Waals surface area contributed by atoms with Crippen molar-refractivity contribution in [1.29, 1.82) is 0 Å². The molecule has 0 aliphatic carbocycles. The summed E-state index contributed by atoms with van der Waals surface area (Å²) in [7, 11) is 0. The van der Waals surface area contributed by atoms with Crippen LogP contribution in [0, 0.1) is 24.7 Å². The van der Waals surface area contributed by atoms with Gasteiger partial charge in [-0.3, -0.25) is 14.4 Å². The van der Waals surface area contributed by atoms with Crippen molar-refractivity contribution in [3.8, 4) is 0 Å². The second-order valence-electron chi connectivity index (χ2n) is 10.8. The summed E-state index contributed by atoms with van der Waals surface area (Å²) in [5, 5.41) is 0. The van der Waals surface area contributed by atoms with Gasteiger partial charge in [0, 0.05) is 50.7 Å². The first-order valence-corrected chi connectivity index (χ1v) is 13.5. The van der Waals surface area contributed by atoms with Gasteiger partial charge in [-0.1, -0.05) is 48.0 Å². The molecule has 0 aromatic heterocycles.